The third kappa shape index (κ3) is 7.68. The highest BCUT2D eigenvalue weighted by molar-refractivity contribution is 5.90. The first-order chi connectivity index (χ1) is 17.2. The maximum Gasteiger partial charge on any atom is 0.329 e. The number of carboxylic acids is 2. The number of carbonyl (C=O) groups excluding carboxylic acids is 1. The van der Waals surface area contributed by atoms with Gasteiger partial charge >= 0.3 is 11.9 Å². The van der Waals surface area contributed by atoms with Crippen molar-refractivity contribution < 1.29 is 24.6 Å². The van der Waals surface area contributed by atoms with Gasteiger partial charge in [-0.1, -0.05) is 30.3 Å². The molecule has 36 heavy (non-hydrogen) atoms. The summed E-state index contributed by atoms with van der Waals surface area (Å²) in [5, 5.41) is 34.3. The summed E-state index contributed by atoms with van der Waals surface area (Å²) in [6, 6.07) is 8.55. The van der Waals surface area contributed by atoms with Gasteiger partial charge in [-0.2, -0.15) is 5.26 Å². The van der Waals surface area contributed by atoms with E-state index >= 15 is 0 Å². The molecule has 0 radical (unpaired) electrons. The predicted molar refractivity (Wildman–Crippen MR) is 134 cm³/mol. The van der Waals surface area contributed by atoms with Gasteiger partial charge < -0.3 is 31.5 Å². The Labute approximate surface area is 211 Å². The van der Waals surface area contributed by atoms with Crippen LogP contribution in [0.2, 0.25) is 0 Å². The van der Waals surface area contributed by atoms with Crippen LogP contribution in [0.5, 0.6) is 0 Å². The van der Waals surface area contributed by atoms with Crippen LogP contribution in [0.4, 0.5) is 0 Å². The second-order valence-electron chi connectivity index (χ2n) is 9.03. The van der Waals surface area contributed by atoms with E-state index in [0.29, 0.717) is 44.6 Å². The second-order valence-corrected chi connectivity index (χ2v) is 9.03. The Hall–Kier alpha value is -3.65. The van der Waals surface area contributed by atoms with Crippen molar-refractivity contribution in [2.45, 2.75) is 62.9 Å². The Morgan fingerprint density at radius 2 is 1.94 bits per heavy atom. The highest BCUT2D eigenvalue weighted by Gasteiger charge is 2.52. The molecule has 6 N–H and O–H groups in total. The molecular weight excluding hydrogens is 464 g/mol. The summed E-state index contributed by atoms with van der Waals surface area (Å²) < 4.78 is 0. The third-order valence-corrected chi connectivity index (χ3v) is 6.66. The van der Waals surface area contributed by atoms with Crippen LogP contribution in [0.3, 0.4) is 0 Å². The normalized spacial score (nSPS) is 19.2. The number of rotatable bonds is 13. The molecule has 1 aliphatic heterocycles. The first-order valence-corrected chi connectivity index (χ1v) is 12.2. The van der Waals surface area contributed by atoms with Crippen LogP contribution in [0, 0.1) is 17.4 Å². The van der Waals surface area contributed by atoms with E-state index in [1.165, 1.54) is 4.90 Å². The van der Waals surface area contributed by atoms with E-state index in [2.05, 4.69) is 15.6 Å². The molecule has 11 heteroatoms. The maximum atomic E-state index is 13.2. The van der Waals surface area contributed by atoms with Crippen molar-refractivity contribution in [2.24, 2.45) is 16.6 Å². The highest BCUT2D eigenvalue weighted by atomic mass is 16.4. The van der Waals surface area contributed by atoms with Gasteiger partial charge in [0, 0.05) is 20.1 Å². The average Bonchev–Trinajstić information content (AvgIpc) is 3.30. The fourth-order valence-corrected chi connectivity index (χ4v) is 4.68. The molecular formula is C25H36N6O5. The number of carbonyl (C=O) groups is 3. The lowest BCUT2D eigenvalue weighted by Crippen LogP contribution is -2.58. The molecule has 1 saturated heterocycles. The number of amides is 1. The molecule has 11 nitrogen and oxygen atoms in total. The minimum Gasteiger partial charge on any atom is -0.481 e. The number of benzene rings is 1. The summed E-state index contributed by atoms with van der Waals surface area (Å²) in [6.45, 7) is 0.758. The highest BCUT2D eigenvalue weighted by Crippen LogP contribution is 2.37. The molecule has 0 bridgehead atoms. The van der Waals surface area contributed by atoms with Crippen LogP contribution in [-0.4, -0.2) is 70.6 Å². The minimum absolute atomic E-state index is 0.155. The monoisotopic (exact) mass is 500 g/mol. The van der Waals surface area contributed by atoms with E-state index < -0.39 is 35.3 Å². The molecule has 1 aromatic rings. The number of guanidine groups is 1. The summed E-state index contributed by atoms with van der Waals surface area (Å²) in [7, 11) is 1.64. The molecule has 0 unspecified atom stereocenters. The number of hydrogen-bond acceptors (Lipinski definition) is 6. The molecule has 0 aromatic heterocycles. The number of unbranched alkanes of at least 4 members (excludes halogenated alkanes) is 1. The van der Waals surface area contributed by atoms with Gasteiger partial charge in [0.1, 0.15) is 5.54 Å². The SMILES string of the molecule is CNC(=NC#N)NCCCC[C@H](N)C(=O)N1CCC[C@]1(C[C@H](CCc1ccccc1)C(=O)O)C(=O)O. The molecule has 1 aliphatic rings. The van der Waals surface area contributed by atoms with E-state index in [4.69, 9.17) is 11.0 Å². The molecule has 1 heterocycles. The zero-order chi connectivity index (χ0) is 26.6. The van der Waals surface area contributed by atoms with E-state index in [0.717, 1.165) is 5.56 Å². The number of likely N-dealkylation sites (tertiary alicyclic amines) is 1. The summed E-state index contributed by atoms with van der Waals surface area (Å²) in [6.07, 6.45) is 4.61. The van der Waals surface area contributed by atoms with Crippen molar-refractivity contribution in [1.29, 1.82) is 5.26 Å². The van der Waals surface area contributed by atoms with Crippen molar-refractivity contribution in [3.63, 3.8) is 0 Å². The van der Waals surface area contributed by atoms with Crippen molar-refractivity contribution >= 4 is 23.8 Å². The number of nitriles is 1. The molecule has 0 spiro atoms. The number of aryl methyl sites for hydroxylation is 1. The van der Waals surface area contributed by atoms with Gasteiger partial charge in [-0.25, -0.2) is 4.79 Å². The van der Waals surface area contributed by atoms with E-state index in [-0.39, 0.29) is 25.8 Å². The number of nitrogens with two attached hydrogens (primary N) is 1. The van der Waals surface area contributed by atoms with Crippen LogP contribution in [-0.2, 0) is 20.8 Å². The number of nitrogens with zero attached hydrogens (tertiary/aromatic N) is 3. The quantitative estimate of drug-likeness (QED) is 0.115. The second kappa shape index (κ2) is 14.0. The molecule has 3 atom stereocenters. The first-order valence-electron chi connectivity index (χ1n) is 12.2. The summed E-state index contributed by atoms with van der Waals surface area (Å²) in [5.41, 5.74) is 5.56. The molecule has 196 valence electrons. The van der Waals surface area contributed by atoms with Crippen molar-refractivity contribution in [3.05, 3.63) is 35.9 Å². The first kappa shape index (κ1) is 28.6. The van der Waals surface area contributed by atoms with Gasteiger partial charge in [0.25, 0.3) is 0 Å². The lowest BCUT2D eigenvalue weighted by atomic mass is 9.82. The van der Waals surface area contributed by atoms with Crippen LogP contribution < -0.4 is 16.4 Å². The van der Waals surface area contributed by atoms with Crippen molar-refractivity contribution in [1.82, 2.24) is 15.5 Å². The van der Waals surface area contributed by atoms with Crippen LogP contribution in [0.1, 0.15) is 50.5 Å². The zero-order valence-electron chi connectivity index (χ0n) is 20.7. The molecule has 1 aromatic carbocycles. The summed E-state index contributed by atoms with van der Waals surface area (Å²) >= 11 is 0. The van der Waals surface area contributed by atoms with Crippen LogP contribution in [0.25, 0.3) is 0 Å². The molecule has 1 fully saturated rings. The largest absolute Gasteiger partial charge is 0.481 e. The van der Waals surface area contributed by atoms with Gasteiger partial charge in [0.2, 0.25) is 18.1 Å². The predicted octanol–water partition coefficient (Wildman–Crippen LogP) is 1.30. The van der Waals surface area contributed by atoms with Crippen LogP contribution >= 0.6 is 0 Å². The Morgan fingerprint density at radius 1 is 1.22 bits per heavy atom. The van der Waals surface area contributed by atoms with E-state index in [1.54, 1.807) is 13.2 Å². The fraction of sp³-hybridized carbons (Fsp3) is 0.560. The number of carboxylic acid groups (broad SMARTS) is 2. The maximum absolute atomic E-state index is 13.2. The van der Waals surface area contributed by atoms with E-state index in [1.807, 2.05) is 30.3 Å². The Kier molecular flexibility index (Phi) is 11.1. The summed E-state index contributed by atoms with van der Waals surface area (Å²) in [4.78, 5) is 42.6. The topological polar surface area (TPSA) is 181 Å². The zero-order valence-corrected chi connectivity index (χ0v) is 20.7. The fourth-order valence-electron chi connectivity index (χ4n) is 4.68. The van der Waals surface area contributed by atoms with Gasteiger partial charge in [-0.05, 0) is 56.9 Å². The summed E-state index contributed by atoms with van der Waals surface area (Å²) in [5.74, 6) is -3.28. The smallest absolute Gasteiger partial charge is 0.329 e. The van der Waals surface area contributed by atoms with Crippen LogP contribution in [0.15, 0.2) is 35.3 Å². The Bertz CT molecular complexity index is 963. The van der Waals surface area contributed by atoms with Gasteiger partial charge in [-0.3, -0.25) is 9.59 Å². The standard InChI is InChI=1S/C25H36N6O5/c1-28-24(30-17-26)29-14-6-5-10-20(27)21(32)31-15-7-13-25(31,23(35)36)16-19(22(33)34)12-11-18-8-3-2-4-9-18/h2-4,8-9,19-20H,5-7,10-16,27H2,1H3,(H,33,34)(H,35,36)(H2,28,29,30)/t19-,20-,25-/m0/s1. The van der Waals surface area contributed by atoms with Gasteiger partial charge in [0.15, 0.2) is 0 Å². The molecule has 0 saturated carbocycles. The lowest BCUT2D eigenvalue weighted by molar-refractivity contribution is -0.160. The van der Waals surface area contributed by atoms with Gasteiger partial charge in [0.05, 0.1) is 12.0 Å². The Balaban J connectivity index is 2.01. The number of aliphatic carboxylic acids is 2. The lowest BCUT2D eigenvalue weighted by Gasteiger charge is -2.38. The number of hydrogen-bond donors (Lipinski definition) is 5. The molecule has 1 amide bonds. The minimum atomic E-state index is -1.58. The number of aliphatic imine (C=N–C) groups is 1. The molecule has 0 aliphatic carbocycles. The van der Waals surface area contributed by atoms with Crippen molar-refractivity contribution in [2.75, 3.05) is 20.1 Å². The Morgan fingerprint density at radius 3 is 2.56 bits per heavy atom. The van der Waals surface area contributed by atoms with Gasteiger partial charge in [-0.15, -0.1) is 4.99 Å². The average molecular weight is 501 g/mol. The number of nitrogens with one attached hydrogen (secondary N) is 2. The van der Waals surface area contributed by atoms with Crippen molar-refractivity contribution in [3.8, 4) is 6.19 Å². The molecule has 2 rings (SSSR count). The van der Waals surface area contributed by atoms with E-state index in [9.17, 15) is 24.6 Å². The third-order valence-electron chi connectivity index (χ3n) is 6.66.